The van der Waals surface area contributed by atoms with Crippen molar-refractivity contribution in [3.05, 3.63) is 50.0 Å². The third kappa shape index (κ3) is 2.73. The van der Waals surface area contributed by atoms with Gasteiger partial charge in [-0.3, -0.25) is 0 Å². The van der Waals surface area contributed by atoms with Crippen molar-refractivity contribution >= 4 is 46.4 Å². The van der Waals surface area contributed by atoms with E-state index in [2.05, 4.69) is 4.98 Å². The van der Waals surface area contributed by atoms with Crippen molar-refractivity contribution in [2.45, 2.75) is 6.61 Å². The van der Waals surface area contributed by atoms with Crippen molar-refractivity contribution < 1.29 is 5.11 Å². The summed E-state index contributed by atoms with van der Waals surface area (Å²) >= 11 is 23.9. The number of hydrogen-bond donors (Lipinski definition) is 1. The number of aliphatic hydroxyl groups is 1. The van der Waals surface area contributed by atoms with Gasteiger partial charge in [0, 0.05) is 16.1 Å². The topological polar surface area (TPSA) is 33.1 Å². The molecule has 0 fully saturated rings. The Morgan fingerprint density at radius 2 is 1.61 bits per heavy atom. The first-order valence-corrected chi connectivity index (χ1v) is 6.45. The largest absolute Gasteiger partial charge is 0.392 e. The number of pyridine rings is 1. The fourth-order valence-corrected chi connectivity index (χ4v) is 2.72. The van der Waals surface area contributed by atoms with E-state index in [1.165, 1.54) is 0 Å². The maximum absolute atomic E-state index is 9.31. The van der Waals surface area contributed by atoms with Gasteiger partial charge in [-0.05, 0) is 18.2 Å². The molecule has 0 saturated heterocycles. The first-order valence-electron chi connectivity index (χ1n) is 4.94. The van der Waals surface area contributed by atoms with Crippen LogP contribution in [-0.4, -0.2) is 10.1 Å². The van der Waals surface area contributed by atoms with Gasteiger partial charge in [0.05, 0.1) is 22.3 Å². The van der Waals surface area contributed by atoms with E-state index < -0.39 is 0 Å². The fourth-order valence-electron chi connectivity index (χ4n) is 1.58. The van der Waals surface area contributed by atoms with Crippen molar-refractivity contribution in [3.8, 4) is 11.3 Å². The standard InChI is InChI=1S/C12H7Cl4NO/c13-7-3-8(14)11(9(15)4-7)12-6(5-18)1-2-10(16)17-12/h1-4,18H,5H2. The summed E-state index contributed by atoms with van der Waals surface area (Å²) in [5.74, 6) is 0. The fraction of sp³-hybridized carbons (Fsp3) is 0.0833. The summed E-state index contributed by atoms with van der Waals surface area (Å²) in [6.07, 6.45) is 0. The summed E-state index contributed by atoms with van der Waals surface area (Å²) in [5.41, 5.74) is 1.55. The molecule has 1 N–H and O–H groups in total. The number of hydrogen-bond acceptors (Lipinski definition) is 2. The van der Waals surface area contributed by atoms with E-state index >= 15 is 0 Å². The van der Waals surface area contributed by atoms with Crippen LogP contribution in [0.1, 0.15) is 5.56 Å². The second-order valence-electron chi connectivity index (χ2n) is 3.54. The predicted octanol–water partition coefficient (Wildman–Crippen LogP) is 4.85. The highest BCUT2D eigenvalue weighted by molar-refractivity contribution is 6.41. The number of benzene rings is 1. The van der Waals surface area contributed by atoms with Crippen LogP contribution in [0.5, 0.6) is 0 Å². The zero-order valence-electron chi connectivity index (χ0n) is 8.92. The van der Waals surface area contributed by atoms with Crippen LogP contribution in [0.2, 0.25) is 20.2 Å². The Kier molecular flexibility index (Phi) is 4.36. The molecule has 2 nitrogen and oxygen atoms in total. The Labute approximate surface area is 124 Å². The SMILES string of the molecule is OCc1ccc(Cl)nc1-c1c(Cl)cc(Cl)cc1Cl. The molecule has 0 aliphatic carbocycles. The lowest BCUT2D eigenvalue weighted by atomic mass is 10.1. The molecule has 1 heterocycles. The molecular weight excluding hydrogens is 316 g/mol. The molecule has 0 unspecified atom stereocenters. The lowest BCUT2D eigenvalue weighted by Gasteiger charge is -2.11. The van der Waals surface area contributed by atoms with Crippen molar-refractivity contribution in [2.75, 3.05) is 0 Å². The Hall–Kier alpha value is -0.510. The minimum atomic E-state index is -0.186. The van der Waals surface area contributed by atoms with Gasteiger partial charge in [-0.2, -0.15) is 0 Å². The molecule has 1 aromatic heterocycles. The number of aromatic nitrogens is 1. The minimum absolute atomic E-state index is 0.186. The van der Waals surface area contributed by atoms with Crippen LogP contribution in [0.4, 0.5) is 0 Å². The molecule has 0 spiro atoms. The Morgan fingerprint density at radius 1 is 1.00 bits per heavy atom. The summed E-state index contributed by atoms with van der Waals surface area (Å²) in [6, 6.07) is 6.39. The van der Waals surface area contributed by atoms with Crippen LogP contribution in [0.15, 0.2) is 24.3 Å². The molecule has 18 heavy (non-hydrogen) atoms. The highest BCUT2D eigenvalue weighted by atomic mass is 35.5. The Bertz CT molecular complexity index is 578. The Morgan fingerprint density at radius 3 is 2.17 bits per heavy atom. The van der Waals surface area contributed by atoms with Crippen molar-refractivity contribution in [1.29, 1.82) is 0 Å². The number of nitrogens with zero attached hydrogens (tertiary/aromatic N) is 1. The molecule has 6 heteroatoms. The second-order valence-corrected chi connectivity index (χ2v) is 5.18. The average molecular weight is 323 g/mol. The molecule has 0 radical (unpaired) electrons. The lowest BCUT2D eigenvalue weighted by molar-refractivity contribution is 0.282. The second kappa shape index (κ2) is 5.64. The van der Waals surface area contributed by atoms with Crippen LogP contribution in [0.3, 0.4) is 0 Å². The zero-order valence-corrected chi connectivity index (χ0v) is 11.9. The first-order chi connectivity index (χ1) is 8.52. The van der Waals surface area contributed by atoms with Gasteiger partial charge in [-0.1, -0.05) is 52.5 Å². The van der Waals surface area contributed by atoms with Gasteiger partial charge in [0.25, 0.3) is 0 Å². The van der Waals surface area contributed by atoms with E-state index in [1.807, 2.05) is 0 Å². The van der Waals surface area contributed by atoms with E-state index in [0.717, 1.165) is 0 Å². The first kappa shape index (κ1) is 13.9. The number of halogens is 4. The molecular formula is C12H7Cl4NO. The third-order valence-electron chi connectivity index (χ3n) is 2.36. The zero-order chi connectivity index (χ0) is 13.3. The van der Waals surface area contributed by atoms with Crippen molar-refractivity contribution in [2.24, 2.45) is 0 Å². The molecule has 2 rings (SSSR count). The summed E-state index contributed by atoms with van der Waals surface area (Å²) in [4.78, 5) is 4.16. The highest BCUT2D eigenvalue weighted by Crippen LogP contribution is 2.38. The van der Waals surface area contributed by atoms with E-state index in [-0.39, 0.29) is 6.61 Å². The molecule has 2 aromatic rings. The molecule has 0 atom stereocenters. The van der Waals surface area contributed by atoms with Gasteiger partial charge >= 0.3 is 0 Å². The quantitative estimate of drug-likeness (QED) is 0.801. The number of aliphatic hydroxyl groups excluding tert-OH is 1. The molecule has 0 saturated carbocycles. The maximum atomic E-state index is 9.31. The van der Waals surface area contributed by atoms with Gasteiger partial charge in [0.1, 0.15) is 5.15 Å². The number of rotatable bonds is 2. The van der Waals surface area contributed by atoms with Gasteiger partial charge in [-0.15, -0.1) is 0 Å². The van der Waals surface area contributed by atoms with Crippen LogP contribution in [-0.2, 0) is 6.61 Å². The summed E-state index contributed by atoms with van der Waals surface area (Å²) in [6.45, 7) is -0.186. The minimum Gasteiger partial charge on any atom is -0.392 e. The van der Waals surface area contributed by atoms with Gasteiger partial charge in [0.2, 0.25) is 0 Å². The Balaban J connectivity index is 2.72. The monoisotopic (exact) mass is 321 g/mol. The summed E-state index contributed by atoms with van der Waals surface area (Å²) in [5, 5.41) is 10.8. The molecule has 0 aliphatic heterocycles. The molecule has 1 aromatic carbocycles. The van der Waals surface area contributed by atoms with Crippen LogP contribution >= 0.6 is 46.4 Å². The molecule has 94 valence electrons. The van der Waals surface area contributed by atoms with Crippen LogP contribution in [0.25, 0.3) is 11.3 Å². The molecule has 0 bridgehead atoms. The van der Waals surface area contributed by atoms with Crippen LogP contribution < -0.4 is 0 Å². The maximum Gasteiger partial charge on any atom is 0.129 e. The normalized spacial score (nSPS) is 10.7. The van der Waals surface area contributed by atoms with Gasteiger partial charge < -0.3 is 5.11 Å². The lowest BCUT2D eigenvalue weighted by Crippen LogP contribution is -1.95. The van der Waals surface area contributed by atoms with Crippen molar-refractivity contribution in [3.63, 3.8) is 0 Å². The average Bonchev–Trinajstić information content (AvgIpc) is 2.28. The van der Waals surface area contributed by atoms with Gasteiger partial charge in [0.15, 0.2) is 0 Å². The van der Waals surface area contributed by atoms with E-state index in [0.29, 0.717) is 37.0 Å². The predicted molar refractivity (Wildman–Crippen MR) is 75.6 cm³/mol. The van der Waals surface area contributed by atoms with E-state index in [9.17, 15) is 5.11 Å². The highest BCUT2D eigenvalue weighted by Gasteiger charge is 2.15. The van der Waals surface area contributed by atoms with E-state index in [1.54, 1.807) is 24.3 Å². The smallest absolute Gasteiger partial charge is 0.129 e. The van der Waals surface area contributed by atoms with E-state index in [4.69, 9.17) is 46.4 Å². The molecule has 0 amide bonds. The van der Waals surface area contributed by atoms with Crippen molar-refractivity contribution in [1.82, 2.24) is 4.98 Å². The van der Waals surface area contributed by atoms with Crippen LogP contribution in [0, 0.1) is 0 Å². The molecule has 0 aliphatic rings. The third-order valence-corrected chi connectivity index (χ3v) is 3.38. The summed E-state index contributed by atoms with van der Waals surface area (Å²) in [7, 11) is 0. The summed E-state index contributed by atoms with van der Waals surface area (Å²) < 4.78 is 0. The van der Waals surface area contributed by atoms with Gasteiger partial charge in [-0.25, -0.2) is 4.98 Å².